The maximum Gasteiger partial charge on any atom is 0.419 e. The fourth-order valence-corrected chi connectivity index (χ4v) is 3.47. The van der Waals surface area contributed by atoms with Gasteiger partial charge in [-0.2, -0.15) is 13.2 Å². The molecule has 4 nitrogen and oxygen atoms in total. The van der Waals surface area contributed by atoms with Gasteiger partial charge in [-0.3, -0.25) is 9.98 Å². The molecule has 2 unspecified atom stereocenters. The molecule has 1 aliphatic rings. The van der Waals surface area contributed by atoms with E-state index in [9.17, 15) is 23.4 Å². The zero-order valence-corrected chi connectivity index (χ0v) is 17.9. The van der Waals surface area contributed by atoms with Crippen molar-refractivity contribution >= 4 is 12.4 Å². The van der Waals surface area contributed by atoms with Gasteiger partial charge in [-0.1, -0.05) is 31.0 Å². The number of para-hydroxylation sites is 2. The van der Waals surface area contributed by atoms with E-state index < -0.39 is 17.5 Å². The summed E-state index contributed by atoms with van der Waals surface area (Å²) in [6.07, 6.45) is 1.82. The molecular weight excluding hydrogens is 488 g/mol. The molecule has 1 aliphatic carbocycles. The van der Waals surface area contributed by atoms with Crippen LogP contribution in [0.3, 0.4) is 0 Å². The third-order valence-electron chi connectivity index (χ3n) is 5.15. The molecule has 0 radical (unpaired) electrons. The molecule has 0 aromatic heterocycles. The van der Waals surface area contributed by atoms with Crippen molar-refractivity contribution < 1.29 is 43.8 Å². The standard InChI is InChI=1S/C22H23F3N2O2.Pd/c1-14-6-4-7-15(20(14)28)12-26-18-10-2-3-11-19(18)27-13-16-8-5-9-17(21(16)29)22(23,24)25;/h4-9,12-13,18-19,28-29H,2-3,10-11H2,1H3;. The SMILES string of the molecule is Cc1cccc(C=NC2CCCCC2N=Cc2cccc(C(F)(F)F)c2O)c1O.[Pd]. The first-order valence-corrected chi connectivity index (χ1v) is 9.51. The number of nitrogens with zero attached hydrogens (tertiary/aromatic N) is 2. The van der Waals surface area contributed by atoms with E-state index in [1.165, 1.54) is 18.3 Å². The maximum absolute atomic E-state index is 13.0. The van der Waals surface area contributed by atoms with Gasteiger partial charge in [-0.25, -0.2) is 0 Å². The molecule has 2 atom stereocenters. The molecule has 1 saturated carbocycles. The van der Waals surface area contributed by atoms with Crippen molar-refractivity contribution in [1.82, 2.24) is 0 Å². The van der Waals surface area contributed by atoms with Gasteiger partial charge in [0.1, 0.15) is 11.5 Å². The normalized spacial score (nSPS) is 19.9. The Morgan fingerprint density at radius 2 is 1.37 bits per heavy atom. The molecule has 0 aliphatic heterocycles. The van der Waals surface area contributed by atoms with Crippen molar-refractivity contribution in [2.75, 3.05) is 0 Å². The second-order valence-electron chi connectivity index (χ2n) is 7.23. The van der Waals surface area contributed by atoms with Crippen molar-refractivity contribution in [3.8, 4) is 11.5 Å². The molecule has 0 heterocycles. The minimum Gasteiger partial charge on any atom is -0.507 e. The number of rotatable bonds is 4. The van der Waals surface area contributed by atoms with E-state index in [4.69, 9.17) is 0 Å². The average molecular weight is 511 g/mol. The van der Waals surface area contributed by atoms with Crippen molar-refractivity contribution in [2.45, 2.75) is 50.9 Å². The molecule has 2 aromatic carbocycles. The van der Waals surface area contributed by atoms with Gasteiger partial charge in [0, 0.05) is 44.0 Å². The molecule has 1 fully saturated rings. The smallest absolute Gasteiger partial charge is 0.419 e. The summed E-state index contributed by atoms with van der Waals surface area (Å²) in [5.41, 5.74) is 0.333. The number of halogens is 3. The predicted octanol–water partition coefficient (Wildman–Crippen LogP) is 5.27. The van der Waals surface area contributed by atoms with Crippen LogP contribution in [0.2, 0.25) is 0 Å². The molecule has 3 rings (SSSR count). The summed E-state index contributed by atoms with van der Waals surface area (Å²) in [7, 11) is 0. The Morgan fingerprint density at radius 3 is 1.90 bits per heavy atom. The van der Waals surface area contributed by atoms with Gasteiger partial charge in [0.25, 0.3) is 0 Å². The number of aromatic hydroxyl groups is 2. The zero-order valence-electron chi connectivity index (χ0n) is 16.3. The van der Waals surface area contributed by atoms with Crippen LogP contribution < -0.4 is 0 Å². The number of phenolic OH excluding ortho intramolecular Hbond substituents is 2. The van der Waals surface area contributed by atoms with Gasteiger partial charge in [0.05, 0.1) is 17.6 Å². The predicted molar refractivity (Wildman–Crippen MR) is 107 cm³/mol. The van der Waals surface area contributed by atoms with E-state index in [0.29, 0.717) is 5.56 Å². The Labute approximate surface area is 187 Å². The number of hydrogen-bond donors (Lipinski definition) is 2. The summed E-state index contributed by atoms with van der Waals surface area (Å²) in [5, 5.41) is 20.1. The van der Waals surface area contributed by atoms with Crippen LogP contribution in [0.1, 0.15) is 47.9 Å². The van der Waals surface area contributed by atoms with Crippen molar-refractivity contribution in [1.29, 1.82) is 0 Å². The maximum atomic E-state index is 13.0. The molecule has 2 N–H and O–H groups in total. The van der Waals surface area contributed by atoms with Crippen LogP contribution in [-0.4, -0.2) is 34.7 Å². The molecule has 0 spiro atoms. The average Bonchev–Trinajstić information content (AvgIpc) is 2.68. The summed E-state index contributed by atoms with van der Waals surface area (Å²) in [5.74, 6) is -0.634. The molecule has 0 bridgehead atoms. The van der Waals surface area contributed by atoms with Crippen LogP contribution in [-0.2, 0) is 26.6 Å². The van der Waals surface area contributed by atoms with Crippen LogP contribution in [0.15, 0.2) is 46.4 Å². The minimum absolute atomic E-state index is 0. The van der Waals surface area contributed by atoms with Gasteiger partial charge in [-0.15, -0.1) is 0 Å². The topological polar surface area (TPSA) is 65.2 Å². The van der Waals surface area contributed by atoms with E-state index in [-0.39, 0.29) is 43.8 Å². The Hall–Kier alpha value is -2.17. The monoisotopic (exact) mass is 510 g/mol. The van der Waals surface area contributed by atoms with Gasteiger partial charge >= 0.3 is 6.18 Å². The Kier molecular flexibility index (Phi) is 8.22. The van der Waals surface area contributed by atoms with Crippen molar-refractivity contribution in [2.24, 2.45) is 9.98 Å². The Bertz CT molecular complexity index is 929. The summed E-state index contributed by atoms with van der Waals surface area (Å²) in [6.45, 7) is 1.81. The van der Waals surface area contributed by atoms with E-state index in [1.54, 1.807) is 12.3 Å². The zero-order chi connectivity index (χ0) is 21.0. The van der Waals surface area contributed by atoms with Crippen LogP contribution in [0, 0.1) is 6.92 Å². The number of alkyl halides is 3. The summed E-state index contributed by atoms with van der Waals surface area (Å²) < 4.78 is 38.9. The second-order valence-corrected chi connectivity index (χ2v) is 7.23. The Morgan fingerprint density at radius 1 is 0.867 bits per heavy atom. The number of aryl methyl sites for hydroxylation is 1. The Balaban J connectivity index is 0.00000320. The quantitative estimate of drug-likeness (QED) is 0.435. The van der Waals surface area contributed by atoms with Crippen LogP contribution in [0.4, 0.5) is 13.2 Å². The van der Waals surface area contributed by atoms with Crippen LogP contribution in [0.25, 0.3) is 0 Å². The summed E-state index contributed by atoms with van der Waals surface area (Å²) >= 11 is 0. The minimum atomic E-state index is -4.62. The summed E-state index contributed by atoms with van der Waals surface area (Å²) in [4.78, 5) is 9.03. The second kappa shape index (κ2) is 10.2. The fourth-order valence-electron chi connectivity index (χ4n) is 3.47. The van der Waals surface area contributed by atoms with Gasteiger partial charge in [-0.05, 0) is 43.5 Å². The first kappa shape index (κ1) is 24.1. The fraction of sp³-hybridized carbons (Fsp3) is 0.364. The third-order valence-corrected chi connectivity index (χ3v) is 5.15. The molecular formula is C22H23F3N2O2Pd. The molecule has 0 amide bonds. The molecule has 0 saturated heterocycles. The van der Waals surface area contributed by atoms with E-state index >= 15 is 0 Å². The molecule has 8 heteroatoms. The van der Waals surface area contributed by atoms with E-state index in [1.807, 2.05) is 19.1 Å². The first-order valence-electron chi connectivity index (χ1n) is 9.51. The number of benzene rings is 2. The van der Waals surface area contributed by atoms with Gasteiger partial charge < -0.3 is 10.2 Å². The van der Waals surface area contributed by atoms with Crippen molar-refractivity contribution in [3.63, 3.8) is 0 Å². The van der Waals surface area contributed by atoms with E-state index in [0.717, 1.165) is 37.3 Å². The van der Waals surface area contributed by atoms with Gasteiger partial charge in [0.2, 0.25) is 0 Å². The van der Waals surface area contributed by atoms with Crippen LogP contribution >= 0.6 is 0 Å². The van der Waals surface area contributed by atoms with Gasteiger partial charge in [0.15, 0.2) is 0 Å². The first-order chi connectivity index (χ1) is 13.8. The summed E-state index contributed by atoms with van der Waals surface area (Å²) in [6, 6.07) is 8.59. The molecule has 2 aromatic rings. The largest absolute Gasteiger partial charge is 0.507 e. The number of phenols is 2. The molecule has 30 heavy (non-hydrogen) atoms. The number of hydrogen-bond acceptors (Lipinski definition) is 4. The third kappa shape index (κ3) is 5.71. The molecule has 164 valence electrons. The van der Waals surface area contributed by atoms with Crippen molar-refractivity contribution in [3.05, 3.63) is 58.7 Å². The van der Waals surface area contributed by atoms with Crippen LogP contribution in [0.5, 0.6) is 11.5 Å². The van der Waals surface area contributed by atoms with E-state index in [2.05, 4.69) is 9.98 Å². The number of aliphatic imine (C=N–C) groups is 2.